The van der Waals surface area contributed by atoms with Gasteiger partial charge in [-0.25, -0.2) is 4.79 Å². The lowest BCUT2D eigenvalue weighted by Crippen LogP contribution is -2.40. The number of hydrogen-bond acceptors (Lipinski definition) is 1. The molecule has 1 rings (SSSR count). The lowest BCUT2D eigenvalue weighted by atomic mass is 10.1. The fourth-order valence-electron chi connectivity index (χ4n) is 1.40. The van der Waals surface area contributed by atoms with Crippen molar-refractivity contribution in [3.63, 3.8) is 0 Å². The third kappa shape index (κ3) is 2.46. The van der Waals surface area contributed by atoms with Crippen LogP contribution in [0.4, 0.5) is 0 Å². The smallest absolute Gasteiger partial charge is 0.225 e. The van der Waals surface area contributed by atoms with Crippen molar-refractivity contribution in [2.45, 2.75) is 25.7 Å². The van der Waals surface area contributed by atoms with Crippen LogP contribution in [0, 0.1) is 0 Å². The molecule has 1 saturated heterocycles. The zero-order valence-electron chi connectivity index (χ0n) is 6.88. The van der Waals surface area contributed by atoms with Gasteiger partial charge in [0, 0.05) is 12.8 Å². The summed E-state index contributed by atoms with van der Waals surface area (Å²) in [4.78, 5) is 13.2. The van der Waals surface area contributed by atoms with Crippen molar-refractivity contribution in [2.75, 3.05) is 13.1 Å². The van der Waals surface area contributed by atoms with Crippen molar-refractivity contribution in [2.24, 2.45) is 0 Å². The summed E-state index contributed by atoms with van der Waals surface area (Å²) < 4.78 is 0. The van der Waals surface area contributed by atoms with Crippen LogP contribution in [0.15, 0.2) is 12.7 Å². The van der Waals surface area contributed by atoms with E-state index in [0.29, 0.717) is 6.42 Å². The fourth-order valence-corrected chi connectivity index (χ4v) is 1.40. The second kappa shape index (κ2) is 4.29. The predicted molar refractivity (Wildman–Crippen MR) is 45.5 cm³/mol. The Morgan fingerprint density at radius 3 is 2.55 bits per heavy atom. The zero-order chi connectivity index (χ0) is 8.10. The van der Waals surface area contributed by atoms with Crippen LogP contribution < -0.4 is 4.90 Å². The molecule has 0 atom stereocenters. The number of carbonyl (C=O) groups is 1. The number of carbonyl (C=O) groups excluding carboxylic acids is 1. The molecule has 0 aliphatic carbocycles. The molecule has 0 spiro atoms. The first-order chi connectivity index (χ1) is 5.34. The molecule has 1 radical (unpaired) electrons. The van der Waals surface area contributed by atoms with Gasteiger partial charge in [0.05, 0.1) is 6.42 Å². The molecule has 1 heterocycles. The summed E-state index contributed by atoms with van der Waals surface area (Å²) in [7, 11) is 0. The van der Waals surface area contributed by atoms with E-state index in [1.807, 2.05) is 4.90 Å². The lowest BCUT2D eigenvalue weighted by Gasteiger charge is -2.13. The van der Waals surface area contributed by atoms with Crippen LogP contribution in [0.5, 0.6) is 0 Å². The molecule has 0 aromatic carbocycles. The Bertz CT molecular complexity index is 148. The van der Waals surface area contributed by atoms with Crippen LogP contribution in [0.2, 0.25) is 0 Å². The molecule has 0 bridgehead atoms. The van der Waals surface area contributed by atoms with E-state index in [9.17, 15) is 4.79 Å². The van der Waals surface area contributed by atoms with Gasteiger partial charge in [-0.05, 0) is 6.42 Å². The van der Waals surface area contributed by atoms with Gasteiger partial charge in [0.15, 0.2) is 0 Å². The molecule has 2 nitrogen and oxygen atoms in total. The van der Waals surface area contributed by atoms with Gasteiger partial charge < -0.3 is 0 Å². The van der Waals surface area contributed by atoms with E-state index < -0.39 is 0 Å². The Kier molecular flexibility index (Phi) is 3.30. The monoisotopic (exact) mass is 153 g/mol. The van der Waals surface area contributed by atoms with E-state index in [4.69, 9.17) is 0 Å². The highest BCUT2D eigenvalue weighted by atomic mass is 16.2. The first-order valence-corrected chi connectivity index (χ1v) is 4.23. The molecular weight excluding hydrogens is 138 g/mol. The largest absolute Gasteiger partial charge is 0.364 e. The average Bonchev–Trinajstić information content (AvgIpc) is 2.07. The van der Waals surface area contributed by atoms with E-state index in [1.54, 1.807) is 6.08 Å². The second-order valence-corrected chi connectivity index (χ2v) is 2.93. The maximum absolute atomic E-state index is 11.3. The van der Waals surface area contributed by atoms with Gasteiger partial charge >= 0.3 is 5.91 Å². The first kappa shape index (κ1) is 8.47. The number of hydrogen-bond donors (Lipinski definition) is 0. The molecule has 0 aromatic heterocycles. The van der Waals surface area contributed by atoms with Gasteiger partial charge in [0.1, 0.15) is 13.1 Å². The number of rotatable bonds is 2. The lowest BCUT2D eigenvalue weighted by molar-refractivity contribution is -0.125. The number of piperidine rings is 1. The molecule has 2 heteroatoms. The molecule has 0 N–H and O–H groups in total. The Morgan fingerprint density at radius 2 is 2.00 bits per heavy atom. The summed E-state index contributed by atoms with van der Waals surface area (Å²) in [6, 6.07) is 0. The van der Waals surface area contributed by atoms with Gasteiger partial charge in [0.2, 0.25) is 0 Å². The highest BCUT2D eigenvalue weighted by Crippen LogP contribution is 2.06. The summed E-state index contributed by atoms with van der Waals surface area (Å²) in [5.41, 5.74) is 0. The van der Waals surface area contributed by atoms with Crippen molar-refractivity contribution in [3.05, 3.63) is 12.7 Å². The molecule has 1 amide bonds. The molecule has 61 valence electrons. The van der Waals surface area contributed by atoms with E-state index in [-0.39, 0.29) is 5.91 Å². The third-order valence-corrected chi connectivity index (χ3v) is 2.03. The van der Waals surface area contributed by atoms with Crippen LogP contribution in [-0.2, 0) is 4.79 Å². The summed E-state index contributed by atoms with van der Waals surface area (Å²) >= 11 is 0. The van der Waals surface area contributed by atoms with Crippen LogP contribution >= 0.6 is 0 Å². The molecule has 0 aromatic rings. The average molecular weight is 153 g/mol. The normalized spacial score (nSPS) is 19.6. The molecule has 1 aliphatic heterocycles. The predicted octanol–water partition coefficient (Wildman–Crippen LogP) is 1.41. The number of likely N-dealkylation sites (tertiary alicyclic amines) is 1. The molecule has 1 fully saturated rings. The SMILES string of the molecule is C=CCC(=O)[N+]1CCCCC1. The Labute approximate surface area is 67.9 Å². The summed E-state index contributed by atoms with van der Waals surface area (Å²) in [5.74, 6) is 0.236. The highest BCUT2D eigenvalue weighted by Gasteiger charge is 2.26. The van der Waals surface area contributed by atoms with E-state index in [0.717, 1.165) is 13.1 Å². The maximum Gasteiger partial charge on any atom is 0.364 e. The van der Waals surface area contributed by atoms with Gasteiger partial charge in [-0.2, -0.15) is 0 Å². The minimum atomic E-state index is 0.236. The van der Waals surface area contributed by atoms with E-state index in [1.165, 1.54) is 19.3 Å². The standard InChI is InChI=1S/C9H15NO/c1-2-6-9(11)10-7-4-3-5-8-10/h2H,1,3-8H2/q+1. The van der Waals surface area contributed by atoms with Crippen molar-refractivity contribution in [1.82, 2.24) is 4.90 Å². The van der Waals surface area contributed by atoms with Crippen LogP contribution in [0.25, 0.3) is 0 Å². The number of nitrogens with zero attached hydrogens (tertiary/aromatic N) is 1. The second-order valence-electron chi connectivity index (χ2n) is 2.93. The van der Waals surface area contributed by atoms with Gasteiger partial charge in [0.25, 0.3) is 0 Å². The maximum atomic E-state index is 11.3. The first-order valence-electron chi connectivity index (χ1n) is 4.23. The fraction of sp³-hybridized carbons (Fsp3) is 0.667. The highest BCUT2D eigenvalue weighted by molar-refractivity contribution is 5.80. The van der Waals surface area contributed by atoms with Crippen molar-refractivity contribution in [1.29, 1.82) is 0 Å². The van der Waals surface area contributed by atoms with Crippen molar-refractivity contribution >= 4 is 5.91 Å². The Balaban J connectivity index is 2.32. The molecule has 1 aliphatic rings. The van der Waals surface area contributed by atoms with E-state index in [2.05, 4.69) is 6.58 Å². The van der Waals surface area contributed by atoms with Crippen LogP contribution in [0.3, 0.4) is 0 Å². The van der Waals surface area contributed by atoms with Crippen LogP contribution in [0.1, 0.15) is 25.7 Å². The minimum absolute atomic E-state index is 0.236. The quantitative estimate of drug-likeness (QED) is 0.434. The van der Waals surface area contributed by atoms with Crippen molar-refractivity contribution < 1.29 is 4.79 Å². The van der Waals surface area contributed by atoms with Gasteiger partial charge in [-0.1, -0.05) is 6.08 Å². The topological polar surface area (TPSA) is 23.0 Å². The summed E-state index contributed by atoms with van der Waals surface area (Å²) in [6.45, 7) is 5.45. The van der Waals surface area contributed by atoms with Crippen molar-refractivity contribution in [3.8, 4) is 0 Å². The zero-order valence-corrected chi connectivity index (χ0v) is 6.88. The Morgan fingerprint density at radius 1 is 1.36 bits per heavy atom. The minimum Gasteiger partial charge on any atom is -0.225 e. The molecular formula is C9H15NO+. The molecule has 0 saturated carbocycles. The van der Waals surface area contributed by atoms with Gasteiger partial charge in [-0.3, -0.25) is 0 Å². The van der Waals surface area contributed by atoms with E-state index >= 15 is 0 Å². The third-order valence-electron chi connectivity index (χ3n) is 2.03. The molecule has 0 unspecified atom stereocenters. The summed E-state index contributed by atoms with van der Waals surface area (Å²) in [6.07, 6.45) is 5.79. The number of amides is 1. The molecule has 11 heavy (non-hydrogen) atoms. The Hall–Kier alpha value is -0.630. The van der Waals surface area contributed by atoms with Gasteiger partial charge in [-0.15, -0.1) is 11.5 Å². The summed E-state index contributed by atoms with van der Waals surface area (Å²) in [5, 5.41) is 0. The van der Waals surface area contributed by atoms with Crippen LogP contribution in [-0.4, -0.2) is 19.0 Å².